The Bertz CT molecular complexity index is 1300. The monoisotopic (exact) mass is 469 g/mol. The van der Waals surface area contributed by atoms with Gasteiger partial charge in [0.15, 0.2) is 5.82 Å². The lowest BCUT2D eigenvalue weighted by molar-refractivity contribution is 0.122. The maximum atomic E-state index is 5.43. The normalized spacial score (nSPS) is 18.1. The first kappa shape index (κ1) is 21.6. The zero-order valence-electron chi connectivity index (χ0n) is 19.3. The largest absolute Gasteiger partial charge is 0.378 e. The predicted octanol–water partition coefficient (Wildman–Crippen LogP) is 2.84. The van der Waals surface area contributed by atoms with Crippen LogP contribution >= 0.6 is 0 Å². The van der Waals surface area contributed by atoms with Gasteiger partial charge in [0, 0.05) is 49.0 Å². The first-order valence-electron chi connectivity index (χ1n) is 11.9. The number of ether oxygens (including phenoxy) is 1. The zero-order valence-corrected chi connectivity index (χ0v) is 19.3. The Morgan fingerprint density at radius 1 is 0.971 bits per heavy atom. The molecule has 0 saturated carbocycles. The van der Waals surface area contributed by atoms with E-state index in [-0.39, 0.29) is 0 Å². The van der Waals surface area contributed by atoms with Crippen LogP contribution in [0.5, 0.6) is 0 Å². The number of aromatic nitrogens is 5. The van der Waals surface area contributed by atoms with Crippen LogP contribution in [0.1, 0.15) is 6.42 Å². The third kappa shape index (κ3) is 4.84. The summed E-state index contributed by atoms with van der Waals surface area (Å²) < 4.78 is 5.43. The molecule has 0 bridgehead atoms. The molecule has 0 aromatic carbocycles. The lowest BCUT2D eigenvalue weighted by Gasteiger charge is -2.28. The number of hydrogen-bond donors (Lipinski definition) is 3. The summed E-state index contributed by atoms with van der Waals surface area (Å²) in [7, 11) is 0. The fourth-order valence-corrected chi connectivity index (χ4v) is 4.43. The third-order valence-electron chi connectivity index (χ3n) is 6.30. The highest BCUT2D eigenvalue weighted by Gasteiger charge is 2.18. The average molecular weight is 470 g/mol. The Kier molecular flexibility index (Phi) is 6.04. The number of fused-ring (bicyclic) bond motifs is 1. The average Bonchev–Trinajstić information content (AvgIpc) is 3.43. The molecule has 0 spiro atoms. The van der Waals surface area contributed by atoms with E-state index in [2.05, 4.69) is 41.9 Å². The number of anilines is 4. The minimum Gasteiger partial charge on any atom is -0.378 e. The number of rotatable bonds is 6. The minimum absolute atomic E-state index is 0.343. The van der Waals surface area contributed by atoms with Gasteiger partial charge in [0.05, 0.1) is 36.8 Å². The highest BCUT2D eigenvalue weighted by molar-refractivity contribution is 5.90. The zero-order chi connectivity index (χ0) is 23.5. The van der Waals surface area contributed by atoms with Crippen LogP contribution in [0.25, 0.3) is 22.3 Å². The van der Waals surface area contributed by atoms with Crippen LogP contribution < -0.4 is 20.9 Å². The molecule has 0 aliphatic carbocycles. The van der Waals surface area contributed by atoms with Crippen LogP contribution in [0.2, 0.25) is 0 Å². The lowest BCUT2D eigenvalue weighted by Crippen LogP contribution is -2.36. The summed E-state index contributed by atoms with van der Waals surface area (Å²) in [6, 6.07) is 10.2. The van der Waals surface area contributed by atoms with Crippen molar-refractivity contribution in [1.29, 1.82) is 0 Å². The molecule has 4 aromatic heterocycles. The molecule has 2 aliphatic rings. The second kappa shape index (κ2) is 9.77. The Labute approximate surface area is 203 Å². The van der Waals surface area contributed by atoms with E-state index in [1.807, 2.05) is 30.5 Å². The molecule has 2 fully saturated rings. The van der Waals surface area contributed by atoms with Crippen molar-refractivity contribution in [3.05, 3.63) is 55.1 Å². The lowest BCUT2D eigenvalue weighted by atomic mass is 10.2. The van der Waals surface area contributed by atoms with Gasteiger partial charge < -0.3 is 25.6 Å². The molecule has 10 nitrogen and oxygen atoms in total. The SMILES string of the molecule is c1cc2c(NC3CCNC3)nc(-c3ccnc(Nc4ccc(N5CCOCC5)cn4)c3)nc2cn1. The topological polar surface area (TPSA) is 113 Å². The Morgan fingerprint density at radius 3 is 2.74 bits per heavy atom. The van der Waals surface area contributed by atoms with E-state index >= 15 is 0 Å². The number of pyridine rings is 3. The van der Waals surface area contributed by atoms with Gasteiger partial charge in [-0.3, -0.25) is 4.98 Å². The molecule has 4 aromatic rings. The molecular formula is C25H27N9O. The van der Waals surface area contributed by atoms with Crippen LogP contribution in [0.15, 0.2) is 55.1 Å². The fourth-order valence-electron chi connectivity index (χ4n) is 4.43. The van der Waals surface area contributed by atoms with Gasteiger partial charge in [0.2, 0.25) is 0 Å². The van der Waals surface area contributed by atoms with Crippen molar-refractivity contribution in [3.63, 3.8) is 0 Å². The first-order chi connectivity index (χ1) is 17.3. The van der Waals surface area contributed by atoms with E-state index in [0.29, 0.717) is 17.7 Å². The molecule has 35 heavy (non-hydrogen) atoms. The molecule has 0 radical (unpaired) electrons. The van der Waals surface area contributed by atoms with Gasteiger partial charge in [0.25, 0.3) is 0 Å². The molecular weight excluding hydrogens is 442 g/mol. The number of nitrogens with zero attached hydrogens (tertiary/aromatic N) is 6. The molecule has 0 amide bonds. The molecule has 1 atom stereocenters. The summed E-state index contributed by atoms with van der Waals surface area (Å²) in [5.41, 5.74) is 2.76. The molecule has 10 heteroatoms. The Hall–Kier alpha value is -3.89. The Morgan fingerprint density at radius 2 is 1.91 bits per heavy atom. The van der Waals surface area contributed by atoms with Gasteiger partial charge in [-0.25, -0.2) is 19.9 Å². The second-order valence-electron chi connectivity index (χ2n) is 8.68. The standard InChI is InChI=1S/C25H27N9O/c1-2-22(29-15-19(1)34-9-11-35-12-10-34)32-23-13-17(3-8-28-23)24-31-21-16-27-7-5-20(21)25(33-24)30-18-4-6-26-14-18/h1-3,5,7-8,13,15-16,18,26H,4,6,9-12,14H2,(H,28,29,32)(H,30,31,33). The van der Waals surface area contributed by atoms with Crippen molar-refractivity contribution in [1.82, 2.24) is 30.2 Å². The van der Waals surface area contributed by atoms with Crippen LogP contribution in [0, 0.1) is 0 Å². The van der Waals surface area contributed by atoms with Crippen LogP contribution in [0.3, 0.4) is 0 Å². The second-order valence-corrected chi connectivity index (χ2v) is 8.68. The highest BCUT2D eigenvalue weighted by Crippen LogP contribution is 2.27. The summed E-state index contributed by atoms with van der Waals surface area (Å²) >= 11 is 0. The molecule has 3 N–H and O–H groups in total. The van der Waals surface area contributed by atoms with Crippen LogP contribution in [-0.2, 0) is 4.74 Å². The quantitative estimate of drug-likeness (QED) is 0.390. The number of nitrogens with one attached hydrogen (secondary N) is 3. The summed E-state index contributed by atoms with van der Waals surface area (Å²) in [5, 5.41) is 11.2. The maximum Gasteiger partial charge on any atom is 0.162 e. The van der Waals surface area contributed by atoms with E-state index < -0.39 is 0 Å². The van der Waals surface area contributed by atoms with Crippen molar-refractivity contribution in [2.75, 3.05) is 54.9 Å². The van der Waals surface area contributed by atoms with E-state index in [4.69, 9.17) is 14.7 Å². The molecule has 2 aliphatic heterocycles. The third-order valence-corrected chi connectivity index (χ3v) is 6.30. The van der Waals surface area contributed by atoms with E-state index in [9.17, 15) is 0 Å². The van der Waals surface area contributed by atoms with Crippen molar-refractivity contribution in [3.8, 4) is 11.4 Å². The Balaban J connectivity index is 1.25. The molecule has 1 unspecified atom stereocenters. The maximum absolute atomic E-state index is 5.43. The first-order valence-corrected chi connectivity index (χ1v) is 11.9. The number of morpholine rings is 1. The van der Waals surface area contributed by atoms with Gasteiger partial charge in [-0.1, -0.05) is 0 Å². The molecule has 6 heterocycles. The van der Waals surface area contributed by atoms with Crippen molar-refractivity contribution in [2.24, 2.45) is 0 Å². The van der Waals surface area contributed by atoms with Crippen molar-refractivity contribution < 1.29 is 4.74 Å². The molecule has 2 saturated heterocycles. The number of hydrogen-bond acceptors (Lipinski definition) is 10. The summed E-state index contributed by atoms with van der Waals surface area (Å²) in [6.07, 6.45) is 8.25. The molecule has 178 valence electrons. The van der Waals surface area contributed by atoms with Gasteiger partial charge in [-0.15, -0.1) is 0 Å². The van der Waals surface area contributed by atoms with Gasteiger partial charge in [0.1, 0.15) is 17.5 Å². The smallest absolute Gasteiger partial charge is 0.162 e. The van der Waals surface area contributed by atoms with Gasteiger partial charge >= 0.3 is 0 Å². The highest BCUT2D eigenvalue weighted by atomic mass is 16.5. The molecule has 6 rings (SSSR count). The van der Waals surface area contributed by atoms with Crippen molar-refractivity contribution in [2.45, 2.75) is 12.5 Å². The van der Waals surface area contributed by atoms with Gasteiger partial charge in [-0.05, 0) is 43.3 Å². The predicted molar refractivity (Wildman–Crippen MR) is 136 cm³/mol. The van der Waals surface area contributed by atoms with Crippen LogP contribution in [-0.4, -0.2) is 70.4 Å². The minimum atomic E-state index is 0.343. The van der Waals surface area contributed by atoms with Crippen molar-refractivity contribution >= 4 is 34.0 Å². The van der Waals surface area contributed by atoms with Gasteiger partial charge in [-0.2, -0.15) is 0 Å². The van der Waals surface area contributed by atoms with Crippen LogP contribution in [0.4, 0.5) is 23.1 Å². The van der Waals surface area contributed by atoms with E-state index in [1.165, 1.54) is 0 Å². The van der Waals surface area contributed by atoms with E-state index in [0.717, 1.165) is 79.6 Å². The summed E-state index contributed by atoms with van der Waals surface area (Å²) in [4.78, 5) is 25.2. The fraction of sp³-hybridized carbons (Fsp3) is 0.320. The van der Waals surface area contributed by atoms with E-state index in [1.54, 1.807) is 18.6 Å². The summed E-state index contributed by atoms with van der Waals surface area (Å²) in [5.74, 6) is 2.86. The summed E-state index contributed by atoms with van der Waals surface area (Å²) in [6.45, 7) is 5.19.